The van der Waals surface area contributed by atoms with E-state index in [0.29, 0.717) is 6.04 Å². The number of nitrogens with one attached hydrogen (secondary N) is 1. The van der Waals surface area contributed by atoms with Crippen molar-refractivity contribution in [2.75, 3.05) is 24.5 Å². The molecule has 1 aliphatic heterocycles. The maximum absolute atomic E-state index is 6.00. The molecule has 2 rings (SSSR count). The summed E-state index contributed by atoms with van der Waals surface area (Å²) in [5.41, 5.74) is 1.24. The summed E-state index contributed by atoms with van der Waals surface area (Å²) in [6.45, 7) is 5.55. The number of benzene rings is 1. The van der Waals surface area contributed by atoms with Crippen molar-refractivity contribution in [1.29, 1.82) is 0 Å². The number of hydrogen-bond donors (Lipinski definition) is 1. The molecular weight excluding hydrogens is 220 g/mol. The molecule has 0 saturated carbocycles. The van der Waals surface area contributed by atoms with E-state index in [4.69, 9.17) is 11.6 Å². The monoisotopic (exact) mass is 238 g/mol. The van der Waals surface area contributed by atoms with Crippen LogP contribution < -0.4 is 10.2 Å². The zero-order chi connectivity index (χ0) is 11.4. The van der Waals surface area contributed by atoms with Crippen LogP contribution in [0.4, 0.5) is 5.69 Å². The SMILES string of the molecule is CCCNC1CCN(c2cccc(Cl)c2)C1. The Bertz CT molecular complexity index is 340. The van der Waals surface area contributed by atoms with Gasteiger partial charge in [0.1, 0.15) is 0 Å². The van der Waals surface area contributed by atoms with Gasteiger partial charge in [0.25, 0.3) is 0 Å². The first-order valence-electron chi connectivity index (χ1n) is 6.03. The molecular formula is C13H19ClN2. The number of hydrogen-bond acceptors (Lipinski definition) is 2. The Balaban J connectivity index is 1.93. The highest BCUT2D eigenvalue weighted by atomic mass is 35.5. The lowest BCUT2D eigenvalue weighted by atomic mass is 10.2. The minimum Gasteiger partial charge on any atom is -0.370 e. The molecule has 2 nitrogen and oxygen atoms in total. The van der Waals surface area contributed by atoms with Crippen molar-refractivity contribution in [3.8, 4) is 0 Å². The third kappa shape index (κ3) is 2.89. The van der Waals surface area contributed by atoms with E-state index in [1.165, 1.54) is 18.5 Å². The lowest BCUT2D eigenvalue weighted by Crippen LogP contribution is -2.32. The highest BCUT2D eigenvalue weighted by Gasteiger charge is 2.21. The van der Waals surface area contributed by atoms with Gasteiger partial charge in [-0.05, 0) is 37.6 Å². The first-order chi connectivity index (χ1) is 7.79. The molecule has 1 aromatic rings. The highest BCUT2D eigenvalue weighted by Crippen LogP contribution is 2.23. The fourth-order valence-electron chi connectivity index (χ4n) is 2.18. The van der Waals surface area contributed by atoms with Crippen LogP contribution >= 0.6 is 11.6 Å². The molecule has 1 unspecified atom stereocenters. The van der Waals surface area contributed by atoms with Gasteiger partial charge >= 0.3 is 0 Å². The molecule has 1 fully saturated rings. The normalized spacial score (nSPS) is 20.4. The van der Waals surface area contributed by atoms with Crippen LogP contribution in [0.2, 0.25) is 5.02 Å². The second kappa shape index (κ2) is 5.55. The molecule has 16 heavy (non-hydrogen) atoms. The third-order valence-electron chi connectivity index (χ3n) is 3.04. The molecule has 0 aliphatic carbocycles. The standard InChI is InChI=1S/C13H19ClN2/c1-2-7-15-12-6-8-16(10-12)13-5-3-4-11(14)9-13/h3-5,9,12,15H,2,6-8,10H2,1H3. The van der Waals surface area contributed by atoms with Gasteiger partial charge in [-0.25, -0.2) is 0 Å². The topological polar surface area (TPSA) is 15.3 Å². The molecule has 3 heteroatoms. The summed E-state index contributed by atoms with van der Waals surface area (Å²) in [6.07, 6.45) is 2.43. The number of halogens is 1. The van der Waals surface area contributed by atoms with Crippen LogP contribution in [-0.2, 0) is 0 Å². The summed E-state index contributed by atoms with van der Waals surface area (Å²) in [6, 6.07) is 8.76. The summed E-state index contributed by atoms with van der Waals surface area (Å²) in [5.74, 6) is 0. The van der Waals surface area contributed by atoms with Crippen LogP contribution in [0, 0.1) is 0 Å². The van der Waals surface area contributed by atoms with Crippen molar-refractivity contribution in [1.82, 2.24) is 5.32 Å². The van der Waals surface area contributed by atoms with E-state index in [-0.39, 0.29) is 0 Å². The van der Waals surface area contributed by atoms with Crippen LogP contribution in [0.3, 0.4) is 0 Å². The zero-order valence-electron chi connectivity index (χ0n) is 9.75. The molecule has 0 amide bonds. The molecule has 1 saturated heterocycles. The van der Waals surface area contributed by atoms with Crippen LogP contribution in [0.1, 0.15) is 19.8 Å². The fraction of sp³-hybridized carbons (Fsp3) is 0.538. The van der Waals surface area contributed by atoms with E-state index in [1.54, 1.807) is 0 Å². The molecule has 1 aliphatic rings. The Morgan fingerprint density at radius 2 is 2.38 bits per heavy atom. The van der Waals surface area contributed by atoms with Crippen molar-refractivity contribution in [3.63, 3.8) is 0 Å². The molecule has 1 heterocycles. The van der Waals surface area contributed by atoms with Crippen LogP contribution in [0.15, 0.2) is 24.3 Å². The molecule has 1 aromatic carbocycles. The molecule has 88 valence electrons. The van der Waals surface area contributed by atoms with Gasteiger partial charge < -0.3 is 10.2 Å². The number of nitrogens with zero attached hydrogens (tertiary/aromatic N) is 1. The second-order valence-electron chi connectivity index (χ2n) is 4.37. The minimum atomic E-state index is 0.638. The molecule has 0 aromatic heterocycles. The van der Waals surface area contributed by atoms with Crippen molar-refractivity contribution in [2.45, 2.75) is 25.8 Å². The predicted octanol–water partition coefficient (Wildman–Crippen LogP) is 2.92. The number of rotatable bonds is 4. The third-order valence-corrected chi connectivity index (χ3v) is 3.28. The Hall–Kier alpha value is -0.730. The summed E-state index contributed by atoms with van der Waals surface area (Å²) in [5, 5.41) is 4.39. The van der Waals surface area contributed by atoms with Crippen molar-refractivity contribution < 1.29 is 0 Å². The van der Waals surface area contributed by atoms with E-state index in [1.807, 2.05) is 18.2 Å². The first kappa shape index (κ1) is 11.7. The van der Waals surface area contributed by atoms with Gasteiger partial charge in [-0.15, -0.1) is 0 Å². The van der Waals surface area contributed by atoms with E-state index in [9.17, 15) is 0 Å². The molecule has 0 radical (unpaired) electrons. The van der Waals surface area contributed by atoms with Crippen LogP contribution in [-0.4, -0.2) is 25.7 Å². The lowest BCUT2D eigenvalue weighted by Gasteiger charge is -2.19. The van der Waals surface area contributed by atoms with E-state index in [0.717, 1.165) is 24.7 Å². The Labute approximate surface area is 103 Å². The Morgan fingerprint density at radius 3 is 3.12 bits per heavy atom. The maximum Gasteiger partial charge on any atom is 0.0426 e. The van der Waals surface area contributed by atoms with Crippen molar-refractivity contribution >= 4 is 17.3 Å². The largest absolute Gasteiger partial charge is 0.370 e. The zero-order valence-corrected chi connectivity index (χ0v) is 10.5. The fourth-order valence-corrected chi connectivity index (χ4v) is 2.37. The van der Waals surface area contributed by atoms with E-state index >= 15 is 0 Å². The average Bonchev–Trinajstić information content (AvgIpc) is 2.75. The van der Waals surface area contributed by atoms with E-state index < -0.39 is 0 Å². The van der Waals surface area contributed by atoms with Gasteiger partial charge in [-0.2, -0.15) is 0 Å². The number of anilines is 1. The maximum atomic E-state index is 6.00. The lowest BCUT2D eigenvalue weighted by molar-refractivity contribution is 0.549. The van der Waals surface area contributed by atoms with Gasteiger partial charge in [-0.1, -0.05) is 24.6 Å². The summed E-state index contributed by atoms with van der Waals surface area (Å²) < 4.78 is 0. The van der Waals surface area contributed by atoms with Gasteiger partial charge in [0.2, 0.25) is 0 Å². The Morgan fingerprint density at radius 1 is 1.50 bits per heavy atom. The smallest absolute Gasteiger partial charge is 0.0426 e. The quantitative estimate of drug-likeness (QED) is 0.868. The van der Waals surface area contributed by atoms with Crippen molar-refractivity contribution in [3.05, 3.63) is 29.3 Å². The van der Waals surface area contributed by atoms with Crippen LogP contribution in [0.5, 0.6) is 0 Å². The second-order valence-corrected chi connectivity index (χ2v) is 4.80. The van der Waals surface area contributed by atoms with Gasteiger partial charge in [-0.3, -0.25) is 0 Å². The Kier molecular flexibility index (Phi) is 4.08. The predicted molar refractivity (Wildman–Crippen MR) is 70.4 cm³/mol. The first-order valence-corrected chi connectivity index (χ1v) is 6.41. The van der Waals surface area contributed by atoms with Gasteiger partial charge in [0.15, 0.2) is 0 Å². The molecule has 1 atom stereocenters. The van der Waals surface area contributed by atoms with Gasteiger partial charge in [0, 0.05) is 29.8 Å². The summed E-state index contributed by atoms with van der Waals surface area (Å²) in [7, 11) is 0. The summed E-state index contributed by atoms with van der Waals surface area (Å²) >= 11 is 6.00. The molecule has 0 spiro atoms. The summed E-state index contributed by atoms with van der Waals surface area (Å²) in [4.78, 5) is 2.40. The molecule has 0 bridgehead atoms. The van der Waals surface area contributed by atoms with Crippen molar-refractivity contribution in [2.24, 2.45) is 0 Å². The van der Waals surface area contributed by atoms with E-state index in [2.05, 4.69) is 23.2 Å². The highest BCUT2D eigenvalue weighted by molar-refractivity contribution is 6.30. The average molecular weight is 239 g/mol. The molecule has 1 N–H and O–H groups in total. The van der Waals surface area contributed by atoms with Crippen LogP contribution in [0.25, 0.3) is 0 Å². The van der Waals surface area contributed by atoms with Gasteiger partial charge in [0.05, 0.1) is 0 Å². The minimum absolute atomic E-state index is 0.638.